The highest BCUT2D eigenvalue weighted by Gasteiger charge is 2.42. The van der Waals surface area contributed by atoms with Crippen molar-refractivity contribution in [1.82, 2.24) is 19.7 Å². The molecule has 0 radical (unpaired) electrons. The molecule has 1 aromatic heterocycles. The van der Waals surface area contributed by atoms with E-state index in [0.29, 0.717) is 24.0 Å². The SMILES string of the molecule is CCC(C)CCC(=O)N(C)Cc1nnc2n1CC(C(F)(F)F)CC2. The number of carbonyl (C=O) groups excluding carboxylic acids is 1. The normalized spacial score (nSPS) is 19.0. The molecule has 0 N–H and O–H groups in total. The maximum Gasteiger partial charge on any atom is 0.393 e. The Bertz CT molecular complexity index is 570. The predicted octanol–water partition coefficient (Wildman–Crippen LogP) is 3.19. The van der Waals surface area contributed by atoms with E-state index in [0.717, 1.165) is 12.8 Å². The Labute approximate surface area is 140 Å². The number of rotatable bonds is 6. The summed E-state index contributed by atoms with van der Waals surface area (Å²) in [7, 11) is 1.66. The topological polar surface area (TPSA) is 51.0 Å². The zero-order valence-corrected chi connectivity index (χ0v) is 14.4. The van der Waals surface area contributed by atoms with Gasteiger partial charge in [-0.25, -0.2) is 0 Å². The molecule has 1 amide bonds. The number of carbonyl (C=O) groups is 1. The number of amides is 1. The third-order valence-corrected chi connectivity index (χ3v) is 4.84. The molecule has 0 bridgehead atoms. The maximum absolute atomic E-state index is 13.0. The van der Waals surface area contributed by atoms with Crippen molar-refractivity contribution >= 4 is 5.91 Å². The fourth-order valence-electron chi connectivity index (χ4n) is 2.83. The minimum atomic E-state index is -4.21. The van der Waals surface area contributed by atoms with Crippen molar-refractivity contribution in [2.45, 2.75) is 65.2 Å². The van der Waals surface area contributed by atoms with Crippen LogP contribution in [-0.4, -0.2) is 38.8 Å². The zero-order valence-electron chi connectivity index (χ0n) is 14.4. The molecular formula is C16H25F3N4O. The van der Waals surface area contributed by atoms with E-state index in [1.54, 1.807) is 7.05 Å². The average molecular weight is 346 g/mol. The third kappa shape index (κ3) is 4.48. The first-order chi connectivity index (χ1) is 11.2. The van der Waals surface area contributed by atoms with Gasteiger partial charge in [-0.15, -0.1) is 10.2 Å². The number of aryl methyl sites for hydroxylation is 1. The van der Waals surface area contributed by atoms with Crippen molar-refractivity contribution in [3.8, 4) is 0 Å². The van der Waals surface area contributed by atoms with Gasteiger partial charge in [0.15, 0.2) is 5.82 Å². The van der Waals surface area contributed by atoms with Crippen molar-refractivity contribution in [1.29, 1.82) is 0 Å². The average Bonchev–Trinajstić information content (AvgIpc) is 2.93. The molecule has 1 aliphatic heterocycles. The van der Waals surface area contributed by atoms with E-state index in [2.05, 4.69) is 24.0 Å². The van der Waals surface area contributed by atoms with Crippen molar-refractivity contribution < 1.29 is 18.0 Å². The molecule has 8 heteroatoms. The van der Waals surface area contributed by atoms with Gasteiger partial charge in [-0.3, -0.25) is 4.79 Å². The summed E-state index contributed by atoms with van der Waals surface area (Å²) in [6, 6.07) is 0. The number of alkyl halides is 3. The molecule has 0 saturated heterocycles. The van der Waals surface area contributed by atoms with Gasteiger partial charge in [0.25, 0.3) is 0 Å². The summed E-state index contributed by atoms with van der Waals surface area (Å²) in [5.41, 5.74) is 0. The van der Waals surface area contributed by atoms with Gasteiger partial charge in [0.1, 0.15) is 5.82 Å². The molecule has 2 unspecified atom stereocenters. The lowest BCUT2D eigenvalue weighted by molar-refractivity contribution is -0.182. The highest BCUT2D eigenvalue weighted by atomic mass is 19.4. The summed E-state index contributed by atoms with van der Waals surface area (Å²) >= 11 is 0. The number of aromatic nitrogens is 3. The minimum absolute atomic E-state index is 0.0177. The Kier molecular flexibility index (Phi) is 5.87. The molecule has 1 aromatic rings. The summed E-state index contributed by atoms with van der Waals surface area (Å²) < 4.78 is 40.4. The van der Waals surface area contributed by atoms with Crippen LogP contribution < -0.4 is 0 Å². The highest BCUT2D eigenvalue weighted by molar-refractivity contribution is 5.75. The molecule has 0 spiro atoms. The molecule has 0 aromatic carbocycles. The Balaban J connectivity index is 1.99. The Morgan fingerprint density at radius 3 is 2.75 bits per heavy atom. The summed E-state index contributed by atoms with van der Waals surface area (Å²) in [6.07, 6.45) is -1.62. The van der Waals surface area contributed by atoms with E-state index in [1.807, 2.05) is 0 Å². The van der Waals surface area contributed by atoms with E-state index in [1.165, 1.54) is 9.47 Å². The Morgan fingerprint density at radius 2 is 2.12 bits per heavy atom. The standard InChI is InChI=1S/C16H25F3N4O/c1-4-11(2)5-8-15(24)22(3)10-14-21-20-13-7-6-12(9-23(13)14)16(17,18)19/h11-12H,4-10H2,1-3H3. The van der Waals surface area contributed by atoms with Crippen molar-refractivity contribution in [3.63, 3.8) is 0 Å². The van der Waals surface area contributed by atoms with E-state index < -0.39 is 12.1 Å². The van der Waals surface area contributed by atoms with Crippen molar-refractivity contribution in [3.05, 3.63) is 11.6 Å². The smallest absolute Gasteiger partial charge is 0.338 e. The van der Waals surface area contributed by atoms with Gasteiger partial charge in [-0.05, 0) is 18.8 Å². The van der Waals surface area contributed by atoms with Crippen LogP contribution in [0.4, 0.5) is 13.2 Å². The van der Waals surface area contributed by atoms with Gasteiger partial charge < -0.3 is 9.47 Å². The molecule has 5 nitrogen and oxygen atoms in total. The van der Waals surface area contributed by atoms with Gasteiger partial charge in [0.2, 0.25) is 5.91 Å². The van der Waals surface area contributed by atoms with Crippen LogP contribution in [0.2, 0.25) is 0 Å². The molecular weight excluding hydrogens is 321 g/mol. The summed E-state index contributed by atoms with van der Waals surface area (Å²) in [5.74, 6) is 0.0991. The Hall–Kier alpha value is -1.60. The van der Waals surface area contributed by atoms with Gasteiger partial charge >= 0.3 is 6.18 Å². The van der Waals surface area contributed by atoms with Crippen LogP contribution in [0, 0.1) is 11.8 Å². The van der Waals surface area contributed by atoms with Gasteiger partial charge in [-0.1, -0.05) is 20.3 Å². The third-order valence-electron chi connectivity index (χ3n) is 4.84. The quantitative estimate of drug-likeness (QED) is 0.795. The molecule has 0 saturated carbocycles. The first-order valence-electron chi connectivity index (χ1n) is 8.44. The van der Waals surface area contributed by atoms with Crippen LogP contribution in [0.3, 0.4) is 0 Å². The largest absolute Gasteiger partial charge is 0.393 e. The minimum Gasteiger partial charge on any atom is -0.338 e. The number of hydrogen-bond acceptors (Lipinski definition) is 3. The second-order valence-corrected chi connectivity index (χ2v) is 6.72. The molecule has 24 heavy (non-hydrogen) atoms. The van der Waals surface area contributed by atoms with Gasteiger partial charge in [0.05, 0.1) is 12.5 Å². The molecule has 1 aliphatic rings. The predicted molar refractivity (Wildman–Crippen MR) is 83.1 cm³/mol. The zero-order chi connectivity index (χ0) is 17.9. The van der Waals surface area contributed by atoms with Gasteiger partial charge in [-0.2, -0.15) is 13.2 Å². The number of hydrogen-bond donors (Lipinski definition) is 0. The molecule has 0 fully saturated rings. The number of halogens is 3. The molecule has 2 heterocycles. The molecule has 2 atom stereocenters. The number of nitrogens with zero attached hydrogens (tertiary/aromatic N) is 4. The monoisotopic (exact) mass is 346 g/mol. The molecule has 136 valence electrons. The lowest BCUT2D eigenvalue weighted by atomic mass is 9.99. The Morgan fingerprint density at radius 1 is 1.42 bits per heavy atom. The highest BCUT2D eigenvalue weighted by Crippen LogP contribution is 2.34. The molecule has 2 rings (SSSR count). The second-order valence-electron chi connectivity index (χ2n) is 6.72. The van der Waals surface area contributed by atoms with Crippen molar-refractivity contribution in [2.24, 2.45) is 11.8 Å². The van der Waals surface area contributed by atoms with Crippen LogP contribution in [0.25, 0.3) is 0 Å². The maximum atomic E-state index is 13.0. The summed E-state index contributed by atoms with van der Waals surface area (Å²) in [6.45, 7) is 4.21. The van der Waals surface area contributed by atoms with Crippen LogP contribution in [0.5, 0.6) is 0 Å². The van der Waals surface area contributed by atoms with Crippen LogP contribution in [0.1, 0.15) is 51.2 Å². The fraction of sp³-hybridized carbons (Fsp3) is 0.812. The van der Waals surface area contributed by atoms with E-state index in [-0.39, 0.29) is 31.8 Å². The lowest BCUT2D eigenvalue weighted by Crippen LogP contribution is -2.34. The van der Waals surface area contributed by atoms with Gasteiger partial charge in [0, 0.05) is 26.4 Å². The summed E-state index contributed by atoms with van der Waals surface area (Å²) in [5, 5.41) is 7.98. The van der Waals surface area contributed by atoms with E-state index in [4.69, 9.17) is 0 Å². The lowest BCUT2D eigenvalue weighted by Gasteiger charge is -2.27. The van der Waals surface area contributed by atoms with E-state index in [9.17, 15) is 18.0 Å². The van der Waals surface area contributed by atoms with Crippen LogP contribution >= 0.6 is 0 Å². The second kappa shape index (κ2) is 7.53. The first-order valence-corrected chi connectivity index (χ1v) is 8.44. The molecule has 0 aliphatic carbocycles. The van der Waals surface area contributed by atoms with E-state index >= 15 is 0 Å². The first kappa shape index (κ1) is 18.7. The van der Waals surface area contributed by atoms with Crippen LogP contribution in [0.15, 0.2) is 0 Å². The number of fused-ring (bicyclic) bond motifs is 1. The van der Waals surface area contributed by atoms with Crippen molar-refractivity contribution in [2.75, 3.05) is 7.05 Å². The van der Waals surface area contributed by atoms with Crippen LogP contribution in [-0.2, 0) is 24.3 Å². The fourth-order valence-corrected chi connectivity index (χ4v) is 2.83. The summed E-state index contributed by atoms with van der Waals surface area (Å²) in [4.78, 5) is 13.7.